The summed E-state index contributed by atoms with van der Waals surface area (Å²) >= 11 is 0.646. The fourth-order valence-corrected chi connectivity index (χ4v) is 2.54. The first-order valence-electron chi connectivity index (χ1n) is 5.85. The van der Waals surface area contributed by atoms with Crippen LogP contribution in [0.5, 0.6) is 0 Å². The second-order valence-corrected chi connectivity index (χ2v) is 5.17. The smallest absolute Gasteiger partial charge is 0.291 e. The van der Waals surface area contributed by atoms with Gasteiger partial charge in [0.05, 0.1) is 0 Å². The molecule has 3 rings (SSSR count). The summed E-state index contributed by atoms with van der Waals surface area (Å²) in [5.41, 5.74) is 1.97. The van der Waals surface area contributed by atoms with Crippen molar-refractivity contribution in [3.63, 3.8) is 0 Å². The molecule has 0 radical (unpaired) electrons. The molecule has 0 bridgehead atoms. The molecule has 1 aliphatic heterocycles. The highest BCUT2D eigenvalue weighted by molar-refractivity contribution is 7.15. The minimum Gasteiger partial charge on any atom is -0.312 e. The van der Waals surface area contributed by atoms with Crippen LogP contribution < -0.4 is 10.6 Å². The highest BCUT2D eigenvalue weighted by Crippen LogP contribution is 2.25. The second-order valence-electron chi connectivity index (χ2n) is 4.16. The van der Waals surface area contributed by atoms with Gasteiger partial charge in [0, 0.05) is 30.8 Å². The normalized spacial score (nSPS) is 13.7. The molecule has 7 nitrogen and oxygen atoms in total. The lowest BCUT2D eigenvalue weighted by atomic mass is 10.1. The van der Waals surface area contributed by atoms with Crippen LogP contribution in [0.3, 0.4) is 0 Å². The molecule has 2 aromatic rings. The number of aromatic amines is 1. The van der Waals surface area contributed by atoms with Gasteiger partial charge in [-0.05, 0) is 0 Å². The third kappa shape index (κ3) is 3.17. The maximum atomic E-state index is 12.4. The Bertz CT molecular complexity index is 645. The number of carbonyl (C=O) groups excluding carboxylic acids is 1. The maximum Gasteiger partial charge on any atom is 0.291 e. The van der Waals surface area contributed by atoms with Crippen molar-refractivity contribution in [1.29, 1.82) is 0 Å². The van der Waals surface area contributed by atoms with Crippen LogP contribution in [0, 0.1) is 0 Å². The number of rotatable bonds is 3. The van der Waals surface area contributed by atoms with Gasteiger partial charge in [0.15, 0.2) is 10.7 Å². The van der Waals surface area contributed by atoms with E-state index in [0.717, 1.165) is 24.2 Å². The van der Waals surface area contributed by atoms with Crippen molar-refractivity contribution < 1.29 is 13.6 Å². The van der Waals surface area contributed by atoms with E-state index in [4.69, 9.17) is 0 Å². The van der Waals surface area contributed by atoms with E-state index in [1.165, 1.54) is 0 Å². The topological polar surface area (TPSA) is 95.6 Å². The Labute approximate surface area is 127 Å². The molecule has 114 valence electrons. The zero-order valence-electron chi connectivity index (χ0n) is 10.5. The third-order valence-electron chi connectivity index (χ3n) is 2.87. The van der Waals surface area contributed by atoms with Gasteiger partial charge >= 0.3 is 0 Å². The zero-order valence-corrected chi connectivity index (χ0v) is 12.2. The SMILES string of the molecule is Cl.O=C(Nc1nnc(C(F)F)s1)c1n[nH]c2c1CNCC2. The van der Waals surface area contributed by atoms with Crippen molar-refractivity contribution in [2.75, 3.05) is 11.9 Å². The molecular weight excluding hydrogens is 326 g/mol. The lowest BCUT2D eigenvalue weighted by molar-refractivity contribution is 0.102. The van der Waals surface area contributed by atoms with Gasteiger partial charge < -0.3 is 5.32 Å². The van der Waals surface area contributed by atoms with E-state index in [0.29, 0.717) is 17.9 Å². The molecule has 3 heterocycles. The van der Waals surface area contributed by atoms with Gasteiger partial charge in [0.2, 0.25) is 5.13 Å². The molecule has 0 fully saturated rings. The largest absolute Gasteiger partial charge is 0.312 e. The van der Waals surface area contributed by atoms with Crippen LogP contribution in [0.15, 0.2) is 0 Å². The molecule has 0 unspecified atom stereocenters. The quantitative estimate of drug-likeness (QED) is 0.789. The fourth-order valence-electron chi connectivity index (χ4n) is 1.94. The average molecular weight is 337 g/mol. The molecule has 3 N–H and O–H groups in total. The molecule has 0 atom stereocenters. The Morgan fingerprint density at radius 3 is 2.90 bits per heavy atom. The number of nitrogens with one attached hydrogen (secondary N) is 3. The number of alkyl halides is 2. The van der Waals surface area contributed by atoms with E-state index in [2.05, 4.69) is 31.0 Å². The Morgan fingerprint density at radius 2 is 2.19 bits per heavy atom. The predicted octanol–water partition coefficient (Wildman–Crippen LogP) is 1.52. The number of carbonyl (C=O) groups is 1. The van der Waals surface area contributed by atoms with Crippen molar-refractivity contribution in [2.24, 2.45) is 0 Å². The number of amides is 1. The van der Waals surface area contributed by atoms with Crippen molar-refractivity contribution in [3.8, 4) is 0 Å². The summed E-state index contributed by atoms with van der Waals surface area (Å²) in [7, 11) is 0. The van der Waals surface area contributed by atoms with Crippen LogP contribution in [0.25, 0.3) is 0 Å². The molecule has 21 heavy (non-hydrogen) atoms. The highest BCUT2D eigenvalue weighted by Gasteiger charge is 2.23. The maximum absolute atomic E-state index is 12.4. The van der Waals surface area contributed by atoms with Crippen LogP contribution in [-0.2, 0) is 13.0 Å². The van der Waals surface area contributed by atoms with Crippen molar-refractivity contribution in [1.82, 2.24) is 25.7 Å². The monoisotopic (exact) mass is 336 g/mol. The number of anilines is 1. The molecule has 2 aromatic heterocycles. The summed E-state index contributed by atoms with van der Waals surface area (Å²) in [6, 6.07) is 0. The molecule has 0 saturated heterocycles. The zero-order chi connectivity index (χ0) is 14.1. The Kier molecular flexibility index (Phi) is 4.80. The lowest BCUT2D eigenvalue weighted by Crippen LogP contribution is -2.25. The van der Waals surface area contributed by atoms with E-state index >= 15 is 0 Å². The van der Waals surface area contributed by atoms with Crippen molar-refractivity contribution in [2.45, 2.75) is 19.4 Å². The Hall–Kier alpha value is -1.65. The molecule has 0 aromatic carbocycles. The van der Waals surface area contributed by atoms with Gasteiger partial charge in [-0.3, -0.25) is 15.2 Å². The number of hydrogen-bond donors (Lipinski definition) is 3. The average Bonchev–Trinajstić information content (AvgIpc) is 3.04. The van der Waals surface area contributed by atoms with Crippen LogP contribution in [0.2, 0.25) is 0 Å². The van der Waals surface area contributed by atoms with E-state index in [1.54, 1.807) is 0 Å². The van der Waals surface area contributed by atoms with E-state index in [-0.39, 0.29) is 23.2 Å². The highest BCUT2D eigenvalue weighted by atomic mass is 35.5. The predicted molar refractivity (Wildman–Crippen MR) is 74.1 cm³/mol. The fraction of sp³-hybridized carbons (Fsp3) is 0.400. The summed E-state index contributed by atoms with van der Waals surface area (Å²) in [5, 5.41) is 18.8. The van der Waals surface area contributed by atoms with Crippen LogP contribution in [0.1, 0.15) is 33.2 Å². The number of halogens is 3. The molecule has 11 heteroatoms. The molecular formula is C10H11ClF2N6OS. The van der Waals surface area contributed by atoms with E-state index in [1.807, 2.05) is 0 Å². The molecule has 0 spiro atoms. The Morgan fingerprint density at radius 1 is 1.38 bits per heavy atom. The summed E-state index contributed by atoms with van der Waals surface area (Å²) in [6.45, 7) is 1.37. The molecule has 1 aliphatic rings. The third-order valence-corrected chi connectivity index (χ3v) is 3.72. The van der Waals surface area contributed by atoms with Gasteiger partial charge in [-0.1, -0.05) is 11.3 Å². The number of H-pyrrole nitrogens is 1. The first-order valence-corrected chi connectivity index (χ1v) is 6.66. The van der Waals surface area contributed by atoms with Crippen molar-refractivity contribution in [3.05, 3.63) is 22.0 Å². The number of nitrogens with zero attached hydrogens (tertiary/aromatic N) is 3. The summed E-state index contributed by atoms with van der Waals surface area (Å²) in [6.07, 6.45) is -1.93. The minimum absolute atomic E-state index is 0. The molecule has 1 amide bonds. The van der Waals surface area contributed by atoms with E-state index < -0.39 is 17.3 Å². The first-order chi connectivity index (χ1) is 9.65. The summed E-state index contributed by atoms with van der Waals surface area (Å²) in [4.78, 5) is 12.1. The van der Waals surface area contributed by atoms with Gasteiger partial charge in [0.25, 0.3) is 12.3 Å². The van der Waals surface area contributed by atoms with Gasteiger partial charge in [0.1, 0.15) is 0 Å². The standard InChI is InChI=1S/C10H10F2N6OS.ClH/c11-7(12)9-17-18-10(20-9)14-8(19)6-4-3-13-2-1-5(4)15-16-6;/h7,13H,1-3H2,(H,15,16)(H,14,18,19);1H. The second kappa shape index (κ2) is 6.41. The Balaban J connectivity index is 0.00000161. The summed E-state index contributed by atoms with van der Waals surface area (Å²) < 4.78 is 24.8. The lowest BCUT2D eigenvalue weighted by Gasteiger charge is -2.12. The minimum atomic E-state index is -2.69. The van der Waals surface area contributed by atoms with Crippen molar-refractivity contribution >= 4 is 34.8 Å². The van der Waals surface area contributed by atoms with Crippen LogP contribution in [-0.4, -0.2) is 32.8 Å². The molecule has 0 aliphatic carbocycles. The van der Waals surface area contributed by atoms with E-state index in [9.17, 15) is 13.6 Å². The summed E-state index contributed by atoms with van der Waals surface area (Å²) in [5.74, 6) is -0.483. The van der Waals surface area contributed by atoms with Crippen LogP contribution in [0.4, 0.5) is 13.9 Å². The number of aromatic nitrogens is 4. The van der Waals surface area contributed by atoms with Gasteiger partial charge in [-0.25, -0.2) is 8.78 Å². The number of hydrogen-bond acceptors (Lipinski definition) is 6. The van der Waals surface area contributed by atoms with Gasteiger partial charge in [-0.2, -0.15) is 5.10 Å². The van der Waals surface area contributed by atoms with Crippen LogP contribution >= 0.6 is 23.7 Å². The first kappa shape index (κ1) is 15.7. The number of fused-ring (bicyclic) bond motifs is 1. The molecule has 0 saturated carbocycles. The van der Waals surface area contributed by atoms with Gasteiger partial charge in [-0.15, -0.1) is 22.6 Å².